The Morgan fingerprint density at radius 1 is 1.14 bits per heavy atom. The smallest absolute Gasteiger partial charge is 0.0280 e. The molecule has 0 amide bonds. The molecule has 0 unspecified atom stereocenters. The number of rotatable bonds is 0. The van der Waals surface area contributed by atoms with E-state index in [1.807, 2.05) is 0 Å². The van der Waals surface area contributed by atoms with Crippen molar-refractivity contribution in [1.82, 2.24) is 10.9 Å². The first-order valence-corrected chi connectivity index (χ1v) is 2.77. The summed E-state index contributed by atoms with van der Waals surface area (Å²) in [5.41, 5.74) is 5.97. The summed E-state index contributed by atoms with van der Waals surface area (Å²) in [6.07, 6.45) is 2.26. The highest BCUT2D eigenvalue weighted by Gasteiger charge is 1.92. The second kappa shape index (κ2) is 2.99. The molecule has 1 atom stereocenters. The van der Waals surface area contributed by atoms with Gasteiger partial charge in [0.2, 0.25) is 0 Å². The fourth-order valence-corrected chi connectivity index (χ4v) is 0.670. The van der Waals surface area contributed by atoms with Crippen molar-refractivity contribution < 1.29 is 1.37 Å². The number of hydrogen-bond acceptors (Lipinski definition) is 2. The summed E-state index contributed by atoms with van der Waals surface area (Å²) in [6.45, 7) is 1.80. The third kappa shape index (κ3) is 1.90. The first kappa shape index (κ1) is 3.87. The summed E-state index contributed by atoms with van der Waals surface area (Å²) in [5.74, 6) is 0. The lowest BCUT2D eigenvalue weighted by molar-refractivity contribution is 0.573. The summed E-state index contributed by atoms with van der Waals surface area (Å²) < 4.78 is 7.31. The Hall–Kier alpha value is -0.0800. The lowest BCUT2D eigenvalue weighted by Crippen LogP contribution is -2.30. The highest BCUT2D eigenvalue weighted by molar-refractivity contribution is 4.51. The van der Waals surface area contributed by atoms with Gasteiger partial charge in [-0.25, -0.2) is 0 Å². The number of nitrogens with one attached hydrogen (secondary N) is 2. The lowest BCUT2D eigenvalue weighted by Gasteiger charge is -1.95. The molecule has 0 bridgehead atoms. The molecule has 1 saturated heterocycles. The summed E-state index contributed by atoms with van der Waals surface area (Å²) in [5, 5.41) is 0. The molecule has 1 aliphatic heterocycles. The average molecular weight is 101 g/mol. The fourth-order valence-electron chi connectivity index (χ4n) is 0.670. The van der Waals surface area contributed by atoms with Crippen LogP contribution < -0.4 is 10.9 Å². The van der Waals surface area contributed by atoms with E-state index in [9.17, 15) is 0 Å². The van der Waals surface area contributed by atoms with Crippen molar-refractivity contribution >= 4 is 0 Å². The van der Waals surface area contributed by atoms with Gasteiger partial charge in [0.25, 0.3) is 0 Å². The molecule has 0 radical (unpaired) electrons. The first-order valence-electron chi connectivity index (χ1n) is 3.35. The van der Waals surface area contributed by atoms with Gasteiger partial charge in [0.1, 0.15) is 0 Å². The summed E-state index contributed by atoms with van der Waals surface area (Å²) in [6, 6.07) is 0. The SMILES string of the molecule is [2H][C@@H]1CCCNNC1. The molecule has 0 aromatic carbocycles. The van der Waals surface area contributed by atoms with Gasteiger partial charge in [-0.3, -0.25) is 10.9 Å². The van der Waals surface area contributed by atoms with E-state index < -0.39 is 0 Å². The minimum Gasteiger partial charge on any atom is -0.258 e. The van der Waals surface area contributed by atoms with Crippen molar-refractivity contribution in [3.05, 3.63) is 0 Å². The highest BCUT2D eigenvalue weighted by Crippen LogP contribution is 1.93. The van der Waals surface area contributed by atoms with Crippen LogP contribution in [0.5, 0.6) is 0 Å². The van der Waals surface area contributed by atoms with E-state index in [2.05, 4.69) is 10.9 Å². The normalized spacial score (nSPS) is 36.6. The summed E-state index contributed by atoms with van der Waals surface area (Å²) >= 11 is 0. The van der Waals surface area contributed by atoms with Crippen LogP contribution in [0, 0.1) is 0 Å². The zero-order valence-corrected chi connectivity index (χ0v) is 4.41. The molecule has 1 fully saturated rings. The topological polar surface area (TPSA) is 24.1 Å². The Bertz CT molecular complexity index is 59.4. The van der Waals surface area contributed by atoms with Crippen molar-refractivity contribution in [2.45, 2.75) is 19.2 Å². The van der Waals surface area contributed by atoms with E-state index in [1.165, 1.54) is 0 Å². The quantitative estimate of drug-likeness (QED) is 0.457. The largest absolute Gasteiger partial charge is 0.258 e. The standard InChI is InChI=1S/C5H12N2/c1-2-4-6-7-5-3-1/h6-7H,1-5H2/i2D/t2-/m1/s1. The lowest BCUT2D eigenvalue weighted by atomic mass is 10.2. The van der Waals surface area contributed by atoms with Crippen LogP contribution in [-0.4, -0.2) is 13.1 Å². The van der Waals surface area contributed by atoms with E-state index in [1.54, 1.807) is 0 Å². The van der Waals surface area contributed by atoms with Crippen molar-refractivity contribution in [3.8, 4) is 0 Å². The molecule has 0 saturated carbocycles. The summed E-state index contributed by atoms with van der Waals surface area (Å²) in [4.78, 5) is 0. The maximum atomic E-state index is 7.31. The van der Waals surface area contributed by atoms with Crippen molar-refractivity contribution in [1.29, 1.82) is 0 Å². The molecule has 0 spiro atoms. The van der Waals surface area contributed by atoms with E-state index >= 15 is 0 Å². The van der Waals surface area contributed by atoms with Gasteiger partial charge in [-0.15, -0.1) is 0 Å². The van der Waals surface area contributed by atoms with E-state index in [-0.39, 0.29) is 6.40 Å². The number of hydrogen-bond donors (Lipinski definition) is 2. The average Bonchev–Trinajstić information content (AvgIpc) is 1.94. The first-order chi connectivity index (χ1) is 3.89. The van der Waals surface area contributed by atoms with Gasteiger partial charge in [-0.1, -0.05) is 6.42 Å². The molecule has 1 rings (SSSR count). The molecule has 0 aromatic heterocycles. The van der Waals surface area contributed by atoms with Crippen molar-refractivity contribution in [3.63, 3.8) is 0 Å². The third-order valence-electron chi connectivity index (χ3n) is 1.08. The summed E-state index contributed by atoms with van der Waals surface area (Å²) in [7, 11) is 0. The predicted octanol–water partition coefficient (Wildman–Crippen LogP) is 0.264. The molecule has 42 valence electrons. The van der Waals surface area contributed by atoms with Crippen LogP contribution in [0.2, 0.25) is 0 Å². The molecule has 1 heterocycles. The van der Waals surface area contributed by atoms with Gasteiger partial charge < -0.3 is 0 Å². The molecule has 2 heteroatoms. The number of hydrazine groups is 1. The van der Waals surface area contributed by atoms with Gasteiger partial charge in [0.05, 0.1) is 0 Å². The molecule has 0 aliphatic carbocycles. The van der Waals surface area contributed by atoms with Gasteiger partial charge in [-0.05, 0) is 12.8 Å². The maximum absolute atomic E-state index is 7.31. The van der Waals surface area contributed by atoms with E-state index in [0.29, 0.717) is 0 Å². The van der Waals surface area contributed by atoms with Crippen LogP contribution in [0.15, 0.2) is 0 Å². The third-order valence-corrected chi connectivity index (χ3v) is 1.08. The molecule has 2 N–H and O–H groups in total. The van der Waals surface area contributed by atoms with Crippen LogP contribution in [0.1, 0.15) is 20.6 Å². The second-order valence-corrected chi connectivity index (χ2v) is 1.74. The monoisotopic (exact) mass is 101 g/mol. The molecular weight excluding hydrogens is 88.1 g/mol. The minimum atomic E-state index is 0.102. The van der Waals surface area contributed by atoms with E-state index in [4.69, 9.17) is 1.37 Å². The zero-order chi connectivity index (χ0) is 5.82. The maximum Gasteiger partial charge on any atom is 0.0280 e. The molecule has 2 nitrogen and oxygen atoms in total. The Balaban J connectivity index is 2.17. The zero-order valence-electron chi connectivity index (χ0n) is 5.41. The van der Waals surface area contributed by atoms with Crippen molar-refractivity contribution in [2.24, 2.45) is 0 Å². The molecule has 1 aliphatic rings. The molecule has 0 aromatic rings. The molecular formula is C5H12N2. The van der Waals surface area contributed by atoms with Crippen LogP contribution in [0.3, 0.4) is 0 Å². The fraction of sp³-hybridized carbons (Fsp3) is 1.00. The second-order valence-electron chi connectivity index (χ2n) is 1.74. The van der Waals surface area contributed by atoms with Gasteiger partial charge in [-0.2, -0.15) is 0 Å². The van der Waals surface area contributed by atoms with Crippen LogP contribution >= 0.6 is 0 Å². The highest BCUT2D eigenvalue weighted by atomic mass is 15.3. The van der Waals surface area contributed by atoms with Gasteiger partial charge in [0.15, 0.2) is 0 Å². The van der Waals surface area contributed by atoms with Crippen molar-refractivity contribution in [2.75, 3.05) is 13.1 Å². The van der Waals surface area contributed by atoms with E-state index in [0.717, 1.165) is 25.9 Å². The van der Waals surface area contributed by atoms with Gasteiger partial charge in [0, 0.05) is 14.5 Å². The Labute approximate surface area is 45.7 Å². The van der Waals surface area contributed by atoms with Crippen LogP contribution in [0.25, 0.3) is 0 Å². The Morgan fingerprint density at radius 3 is 3.00 bits per heavy atom. The van der Waals surface area contributed by atoms with Crippen LogP contribution in [-0.2, 0) is 0 Å². The Kier molecular flexibility index (Phi) is 1.65. The predicted molar refractivity (Wildman–Crippen MR) is 29.9 cm³/mol. The molecule has 7 heavy (non-hydrogen) atoms. The minimum absolute atomic E-state index is 0.102. The van der Waals surface area contributed by atoms with Gasteiger partial charge >= 0.3 is 0 Å². The van der Waals surface area contributed by atoms with Crippen LogP contribution in [0.4, 0.5) is 0 Å². The Morgan fingerprint density at radius 2 is 2.00 bits per heavy atom.